The number of ether oxygens (including phenoxy) is 6. The number of rotatable bonds is 31. The number of carbonyl (C=O) groups is 2. The summed E-state index contributed by atoms with van der Waals surface area (Å²) in [6.45, 7) is 14.9. The number of carbonyl (C=O) groups excluding carboxylic acids is 2. The third-order valence-corrected chi connectivity index (χ3v) is 18.6. The molecule has 2 atom stereocenters. The lowest BCUT2D eigenvalue weighted by Gasteiger charge is -2.31. The molecule has 0 amide bonds. The zero-order valence-electron chi connectivity index (χ0n) is 40.7. The molecule has 2 aromatic rings. The number of thiophene rings is 2. The fourth-order valence-electron chi connectivity index (χ4n) is 9.07. The first kappa shape index (κ1) is 53.2. The van der Waals surface area contributed by atoms with Crippen molar-refractivity contribution in [1.29, 1.82) is 0 Å². The molecule has 64 heavy (non-hydrogen) atoms. The van der Waals surface area contributed by atoms with Crippen molar-refractivity contribution in [2.75, 3.05) is 51.1 Å². The van der Waals surface area contributed by atoms with Gasteiger partial charge in [-0.3, -0.25) is 9.59 Å². The van der Waals surface area contributed by atoms with E-state index in [0.717, 1.165) is 132 Å². The van der Waals surface area contributed by atoms with Gasteiger partial charge in [0.25, 0.3) is 0 Å². The van der Waals surface area contributed by atoms with Gasteiger partial charge in [0, 0.05) is 21.3 Å². The molecule has 0 aromatic carbocycles. The summed E-state index contributed by atoms with van der Waals surface area (Å²) in [4.78, 5) is 32.4. The Balaban J connectivity index is 1.35. The number of hydrogen-bond donors (Lipinski definition) is 0. The molecule has 1 spiro atoms. The van der Waals surface area contributed by atoms with E-state index in [2.05, 4.69) is 41.5 Å². The molecular weight excluding hydrogens is 881 g/mol. The van der Waals surface area contributed by atoms with Crippen molar-refractivity contribution in [2.24, 2.45) is 22.7 Å². The Morgan fingerprint density at radius 3 is 1.22 bits per heavy atom. The average Bonchev–Trinajstić information content (AvgIpc) is 3.89. The number of fused-ring (bicyclic) bond motifs is 2. The number of esters is 2. The minimum atomic E-state index is -0.891. The molecule has 0 radical (unpaired) electrons. The second kappa shape index (κ2) is 28.5. The van der Waals surface area contributed by atoms with Crippen LogP contribution in [0, 0.1) is 36.5 Å². The first-order chi connectivity index (χ1) is 31.2. The maximum Gasteiger partial charge on any atom is 0.308 e. The highest BCUT2D eigenvalue weighted by Crippen LogP contribution is 2.58. The van der Waals surface area contributed by atoms with Crippen LogP contribution in [0.1, 0.15) is 192 Å². The summed E-state index contributed by atoms with van der Waals surface area (Å²) >= 11 is 3.32. The molecule has 3 aliphatic heterocycles. The topological polar surface area (TPSA) is 89.5 Å². The van der Waals surface area contributed by atoms with E-state index in [0.29, 0.717) is 24.7 Å². The molecule has 2 unspecified atom stereocenters. The molecule has 12 heteroatoms. The molecule has 1 saturated heterocycles. The second-order valence-corrected chi connectivity index (χ2v) is 24.3. The van der Waals surface area contributed by atoms with Gasteiger partial charge in [0.15, 0.2) is 23.0 Å². The first-order valence-corrected chi connectivity index (χ1v) is 29.7. The van der Waals surface area contributed by atoms with Gasteiger partial charge in [-0.2, -0.15) is 0 Å². The Hall–Kier alpha value is -1.76. The van der Waals surface area contributed by atoms with Crippen molar-refractivity contribution in [3.8, 4) is 32.8 Å². The molecule has 3 aliphatic rings. The lowest BCUT2D eigenvalue weighted by Crippen LogP contribution is -2.44. The number of unbranched alkanes of at least 4 members (excludes halogenated alkanes) is 16. The van der Waals surface area contributed by atoms with E-state index in [1.807, 2.05) is 21.6 Å². The summed E-state index contributed by atoms with van der Waals surface area (Å²) in [5.41, 5.74) is -0.893. The highest BCUT2D eigenvalue weighted by Gasteiger charge is 2.44. The van der Waals surface area contributed by atoms with Crippen LogP contribution in [0.5, 0.6) is 23.0 Å². The fraction of sp³-hybridized carbons (Fsp3) is 0.808. The van der Waals surface area contributed by atoms with E-state index >= 15 is 0 Å². The van der Waals surface area contributed by atoms with Gasteiger partial charge in [0.1, 0.15) is 31.8 Å². The molecule has 0 saturated carbocycles. The molecule has 1 fully saturated rings. The van der Waals surface area contributed by atoms with E-state index < -0.39 is 5.41 Å². The summed E-state index contributed by atoms with van der Waals surface area (Å²) in [6.07, 6.45) is 26.6. The Morgan fingerprint density at radius 1 is 0.484 bits per heavy atom. The predicted molar refractivity (Wildman–Crippen MR) is 271 cm³/mol. The van der Waals surface area contributed by atoms with Crippen LogP contribution >= 0.6 is 44.3 Å². The molecule has 5 rings (SSSR count). The maximum atomic E-state index is 14.2. The van der Waals surface area contributed by atoms with Gasteiger partial charge in [-0.05, 0) is 39.5 Å². The average molecular weight is 966 g/mol. The maximum absolute atomic E-state index is 14.2. The predicted octanol–water partition coefficient (Wildman–Crippen LogP) is 15.8. The van der Waals surface area contributed by atoms with Crippen LogP contribution in [0.3, 0.4) is 0 Å². The number of aryl methyl sites for hydroxylation is 2. The highest BCUT2D eigenvalue weighted by atomic mass is 33.1. The summed E-state index contributed by atoms with van der Waals surface area (Å²) in [5, 5.41) is 0. The van der Waals surface area contributed by atoms with Gasteiger partial charge in [-0.25, -0.2) is 0 Å². The normalized spacial score (nSPS) is 18.7. The van der Waals surface area contributed by atoms with Crippen LogP contribution in [-0.4, -0.2) is 63.1 Å². The van der Waals surface area contributed by atoms with E-state index in [4.69, 9.17) is 28.4 Å². The highest BCUT2D eigenvalue weighted by molar-refractivity contribution is 8.77. The van der Waals surface area contributed by atoms with Crippen LogP contribution in [0.25, 0.3) is 9.75 Å². The van der Waals surface area contributed by atoms with E-state index in [1.54, 1.807) is 22.7 Å². The van der Waals surface area contributed by atoms with E-state index in [-0.39, 0.29) is 55.6 Å². The van der Waals surface area contributed by atoms with E-state index in [1.165, 1.54) is 64.2 Å². The zero-order valence-corrected chi connectivity index (χ0v) is 43.9. The van der Waals surface area contributed by atoms with Gasteiger partial charge in [0.05, 0.1) is 40.2 Å². The largest absolute Gasteiger partial charge is 0.488 e. The van der Waals surface area contributed by atoms with Crippen LogP contribution < -0.4 is 18.9 Å². The zero-order chi connectivity index (χ0) is 45.6. The molecule has 364 valence electrons. The first-order valence-electron chi connectivity index (χ1n) is 25.5. The van der Waals surface area contributed by atoms with Crippen molar-refractivity contribution >= 4 is 56.2 Å². The Kier molecular flexibility index (Phi) is 23.7. The minimum absolute atomic E-state index is 0.00160. The van der Waals surface area contributed by atoms with Crippen molar-refractivity contribution < 1.29 is 38.0 Å². The van der Waals surface area contributed by atoms with Crippen LogP contribution in [0.4, 0.5) is 0 Å². The Labute approximate surface area is 403 Å². The van der Waals surface area contributed by atoms with Crippen molar-refractivity contribution in [3.05, 3.63) is 9.75 Å². The summed E-state index contributed by atoms with van der Waals surface area (Å²) < 4.78 is 39.6. The summed E-state index contributed by atoms with van der Waals surface area (Å²) in [5.74, 6) is 4.44. The smallest absolute Gasteiger partial charge is 0.308 e. The van der Waals surface area contributed by atoms with Crippen molar-refractivity contribution in [1.82, 2.24) is 0 Å². The van der Waals surface area contributed by atoms with E-state index in [9.17, 15) is 9.59 Å². The molecular formula is C52H84O8S4. The van der Waals surface area contributed by atoms with Crippen LogP contribution in [0.15, 0.2) is 0 Å². The molecule has 2 aromatic heterocycles. The van der Waals surface area contributed by atoms with Crippen LogP contribution in [-0.2, 0) is 19.1 Å². The lowest BCUT2D eigenvalue weighted by atomic mass is 9.91. The third-order valence-electron chi connectivity index (χ3n) is 13.4. The van der Waals surface area contributed by atoms with Gasteiger partial charge in [-0.1, -0.05) is 178 Å². The van der Waals surface area contributed by atoms with Crippen molar-refractivity contribution in [3.63, 3.8) is 0 Å². The number of hydrogen-bond acceptors (Lipinski definition) is 12. The van der Waals surface area contributed by atoms with Gasteiger partial charge in [0.2, 0.25) is 0 Å². The monoisotopic (exact) mass is 965 g/mol. The van der Waals surface area contributed by atoms with Gasteiger partial charge >= 0.3 is 11.9 Å². The molecule has 0 N–H and O–H groups in total. The summed E-state index contributed by atoms with van der Waals surface area (Å²) in [6, 6.07) is 0. The standard InChI is InChI=1S/C52H84O8S4/c1-7-11-15-19-21-25-29-41(27-23-17-13-9-3)49(53)59-33-51(34-60-50(54)42(28-24-18-14-10-4)30-26-22-20-16-12-8-2)31-55-43-39(5)63-47(45(43)57-32-51)48-46-44(40(6)64-48)56-35-52(36-58-46)37-61-62-38-52/h41-42H,7-38H2,1-6H3. The van der Waals surface area contributed by atoms with Gasteiger partial charge in [-0.15, -0.1) is 22.7 Å². The molecule has 0 aliphatic carbocycles. The van der Waals surface area contributed by atoms with Crippen molar-refractivity contribution in [2.45, 2.75) is 196 Å². The third kappa shape index (κ3) is 15.9. The Bertz CT molecular complexity index is 1620. The lowest BCUT2D eigenvalue weighted by molar-refractivity contribution is -0.162. The Morgan fingerprint density at radius 2 is 0.812 bits per heavy atom. The second-order valence-electron chi connectivity index (χ2n) is 19.4. The molecule has 8 nitrogen and oxygen atoms in total. The minimum Gasteiger partial charge on any atom is -0.488 e. The van der Waals surface area contributed by atoms with Gasteiger partial charge < -0.3 is 28.4 Å². The SMILES string of the molecule is CCCCCCCCC(CCCCCC)C(=O)OCC1(COC(=O)C(CCCCCC)CCCCCCCC)COc2c(C)sc(-c3sc(C)c4c3OCC3(CO4)CSSC3)c2OC1. The van der Waals surface area contributed by atoms with Crippen LogP contribution in [0.2, 0.25) is 0 Å². The molecule has 5 heterocycles. The quantitative estimate of drug-likeness (QED) is 0.0413. The summed E-state index contributed by atoms with van der Waals surface area (Å²) in [7, 11) is 3.80. The fourth-order valence-corrected chi connectivity index (χ4v) is 14.6. The molecule has 0 bridgehead atoms.